The van der Waals surface area contributed by atoms with Crippen molar-refractivity contribution in [2.75, 3.05) is 0 Å². The van der Waals surface area contributed by atoms with Crippen LogP contribution in [0.5, 0.6) is 0 Å². The summed E-state index contributed by atoms with van der Waals surface area (Å²) >= 11 is 0. The van der Waals surface area contributed by atoms with Gasteiger partial charge in [-0.1, -0.05) is 5.16 Å². The number of hydrogen-bond acceptors (Lipinski definition) is 4. The van der Waals surface area contributed by atoms with Crippen molar-refractivity contribution in [3.63, 3.8) is 0 Å². The van der Waals surface area contributed by atoms with Crippen LogP contribution < -0.4 is 0 Å². The van der Waals surface area contributed by atoms with Crippen LogP contribution >= 0.6 is 0 Å². The Balaban J connectivity index is 2.65. The Labute approximate surface area is 69.8 Å². The third kappa shape index (κ3) is 2.23. The quantitative estimate of drug-likeness (QED) is 0.381. The molecule has 4 nitrogen and oxygen atoms in total. The van der Waals surface area contributed by atoms with Crippen LogP contribution in [-0.2, 0) is 9.63 Å². The third-order valence-corrected chi connectivity index (χ3v) is 1.19. The van der Waals surface area contributed by atoms with Crippen molar-refractivity contribution in [1.29, 1.82) is 0 Å². The fourth-order valence-electron chi connectivity index (χ4n) is 0.662. The molecule has 0 N–H and O–H groups in total. The van der Waals surface area contributed by atoms with Gasteiger partial charge in [0.1, 0.15) is 5.71 Å². The maximum Gasteiger partial charge on any atom is 0.331 e. The first-order valence-electron chi connectivity index (χ1n) is 3.46. The lowest BCUT2D eigenvalue weighted by Gasteiger charge is -1.93. The van der Waals surface area contributed by atoms with Gasteiger partial charge in [-0.3, -0.25) is 0 Å². The van der Waals surface area contributed by atoms with Gasteiger partial charge in [-0.15, -0.1) is 0 Å². The summed E-state index contributed by atoms with van der Waals surface area (Å²) in [4.78, 5) is 14.8. The van der Waals surface area contributed by atoms with E-state index in [1.807, 2.05) is 0 Å². The zero-order valence-corrected chi connectivity index (χ0v) is 6.90. The van der Waals surface area contributed by atoms with Crippen LogP contribution in [-0.4, -0.2) is 11.7 Å². The Morgan fingerprint density at radius 3 is 2.83 bits per heavy atom. The maximum atomic E-state index is 10.4. The van der Waals surface area contributed by atoms with Crippen LogP contribution in [0.3, 0.4) is 0 Å². The number of nitrogens with zero attached hydrogens (tertiary/aromatic N) is 1. The molecule has 0 spiro atoms. The smallest absolute Gasteiger partial charge is 0.331 e. The average molecular weight is 167 g/mol. The Morgan fingerprint density at radius 2 is 2.33 bits per heavy atom. The number of carbonyl (C=O) groups is 1. The molecule has 64 valence electrons. The molecular formula is C8H9NO3. The lowest BCUT2D eigenvalue weighted by Crippen LogP contribution is -1.97. The minimum absolute atomic E-state index is 0.444. The highest BCUT2D eigenvalue weighted by Gasteiger charge is 2.00. The van der Waals surface area contributed by atoms with Gasteiger partial charge in [0.25, 0.3) is 0 Å². The molecular weight excluding hydrogens is 158 g/mol. The molecule has 0 saturated heterocycles. The van der Waals surface area contributed by atoms with E-state index >= 15 is 0 Å². The van der Waals surface area contributed by atoms with Gasteiger partial charge < -0.3 is 9.25 Å². The van der Waals surface area contributed by atoms with Crippen LogP contribution in [0, 0.1) is 0 Å². The van der Waals surface area contributed by atoms with E-state index in [0.29, 0.717) is 11.5 Å². The first kappa shape index (κ1) is 8.52. The van der Waals surface area contributed by atoms with Crippen LogP contribution in [0.2, 0.25) is 0 Å². The first-order chi connectivity index (χ1) is 5.70. The van der Waals surface area contributed by atoms with Gasteiger partial charge in [0.05, 0.1) is 6.26 Å². The molecule has 0 saturated carbocycles. The molecule has 12 heavy (non-hydrogen) atoms. The normalized spacial score (nSPS) is 11.3. The lowest BCUT2D eigenvalue weighted by molar-refractivity contribution is -0.140. The molecule has 0 aliphatic carbocycles. The van der Waals surface area contributed by atoms with Gasteiger partial charge in [0.15, 0.2) is 5.76 Å². The van der Waals surface area contributed by atoms with E-state index in [-0.39, 0.29) is 0 Å². The minimum Gasteiger partial charge on any atom is -0.463 e. The number of hydrogen-bond donors (Lipinski definition) is 0. The Kier molecular flexibility index (Phi) is 2.63. The molecule has 0 aliphatic heterocycles. The van der Waals surface area contributed by atoms with Crippen LogP contribution in [0.4, 0.5) is 0 Å². The second-order valence-corrected chi connectivity index (χ2v) is 2.24. The van der Waals surface area contributed by atoms with E-state index in [2.05, 4.69) is 9.99 Å². The minimum atomic E-state index is -0.444. The van der Waals surface area contributed by atoms with Gasteiger partial charge in [-0.05, 0) is 19.1 Å². The van der Waals surface area contributed by atoms with Crippen LogP contribution in [0.1, 0.15) is 19.6 Å². The highest BCUT2D eigenvalue weighted by atomic mass is 16.7. The van der Waals surface area contributed by atoms with Gasteiger partial charge in [-0.25, -0.2) is 4.79 Å². The summed E-state index contributed by atoms with van der Waals surface area (Å²) in [5.74, 6) is 0.150. The van der Waals surface area contributed by atoms with E-state index in [9.17, 15) is 4.79 Å². The van der Waals surface area contributed by atoms with E-state index in [4.69, 9.17) is 4.42 Å². The highest BCUT2D eigenvalue weighted by Crippen LogP contribution is 2.01. The molecule has 0 radical (unpaired) electrons. The molecule has 0 aromatic carbocycles. The van der Waals surface area contributed by atoms with Gasteiger partial charge in [0, 0.05) is 6.92 Å². The van der Waals surface area contributed by atoms with Crippen molar-refractivity contribution >= 4 is 11.7 Å². The third-order valence-electron chi connectivity index (χ3n) is 1.19. The second kappa shape index (κ2) is 3.71. The molecule has 1 aromatic heterocycles. The summed E-state index contributed by atoms with van der Waals surface area (Å²) < 4.78 is 5.01. The fraction of sp³-hybridized carbons (Fsp3) is 0.250. The molecule has 0 unspecified atom stereocenters. The van der Waals surface area contributed by atoms with Crippen molar-refractivity contribution in [2.45, 2.75) is 13.8 Å². The summed E-state index contributed by atoms with van der Waals surface area (Å²) in [6.45, 7) is 2.99. The fourth-order valence-corrected chi connectivity index (χ4v) is 0.662. The monoisotopic (exact) mass is 167 g/mol. The topological polar surface area (TPSA) is 51.8 Å². The molecule has 4 heteroatoms. The first-order valence-corrected chi connectivity index (χ1v) is 3.46. The molecule has 0 atom stereocenters. The zero-order chi connectivity index (χ0) is 8.97. The van der Waals surface area contributed by atoms with Crippen molar-refractivity contribution in [1.82, 2.24) is 0 Å². The van der Waals surface area contributed by atoms with Gasteiger partial charge in [0.2, 0.25) is 0 Å². The highest BCUT2D eigenvalue weighted by molar-refractivity contribution is 5.96. The Morgan fingerprint density at radius 1 is 1.58 bits per heavy atom. The number of oxime groups is 1. The molecule has 1 aromatic rings. The molecule has 0 bridgehead atoms. The SMILES string of the molecule is CC(=O)O/N=C(/C)c1ccco1. The summed E-state index contributed by atoms with van der Waals surface area (Å²) in [5.41, 5.74) is 0.537. The molecule has 0 fully saturated rings. The summed E-state index contributed by atoms with van der Waals surface area (Å²) in [6.07, 6.45) is 1.53. The van der Waals surface area contributed by atoms with E-state index in [1.165, 1.54) is 13.2 Å². The lowest BCUT2D eigenvalue weighted by atomic mass is 10.3. The maximum absolute atomic E-state index is 10.4. The average Bonchev–Trinajstić information content (AvgIpc) is 2.51. The van der Waals surface area contributed by atoms with E-state index in [0.717, 1.165) is 0 Å². The van der Waals surface area contributed by atoms with Crippen molar-refractivity contribution in [2.24, 2.45) is 5.16 Å². The summed E-state index contributed by atoms with van der Waals surface area (Å²) in [6, 6.07) is 3.48. The number of furan rings is 1. The standard InChI is InChI=1S/C8H9NO3/c1-6(9-12-7(2)10)8-4-3-5-11-8/h3-5H,1-2H3/b9-6-. The van der Waals surface area contributed by atoms with Crippen LogP contribution in [0.15, 0.2) is 28.0 Å². The van der Waals surface area contributed by atoms with Gasteiger partial charge >= 0.3 is 5.97 Å². The predicted molar refractivity (Wildman–Crippen MR) is 42.7 cm³/mol. The Bertz CT molecular complexity index is 287. The predicted octanol–water partition coefficient (Wildman–Crippen LogP) is 1.57. The number of rotatable bonds is 2. The Hall–Kier alpha value is -1.58. The number of carbonyl (C=O) groups excluding carboxylic acids is 1. The molecule has 1 heterocycles. The van der Waals surface area contributed by atoms with E-state index < -0.39 is 5.97 Å². The molecule has 1 rings (SSSR count). The summed E-state index contributed by atoms with van der Waals surface area (Å²) in [5, 5.41) is 3.54. The van der Waals surface area contributed by atoms with Crippen molar-refractivity contribution < 1.29 is 14.0 Å². The van der Waals surface area contributed by atoms with Crippen molar-refractivity contribution in [3.8, 4) is 0 Å². The molecule has 0 aliphatic rings. The zero-order valence-electron chi connectivity index (χ0n) is 6.90. The van der Waals surface area contributed by atoms with Crippen molar-refractivity contribution in [3.05, 3.63) is 24.2 Å². The second-order valence-electron chi connectivity index (χ2n) is 2.24. The van der Waals surface area contributed by atoms with E-state index in [1.54, 1.807) is 19.1 Å². The summed E-state index contributed by atoms with van der Waals surface area (Å²) in [7, 11) is 0. The molecule has 0 amide bonds. The largest absolute Gasteiger partial charge is 0.463 e. The van der Waals surface area contributed by atoms with Gasteiger partial charge in [-0.2, -0.15) is 0 Å². The van der Waals surface area contributed by atoms with Crippen LogP contribution in [0.25, 0.3) is 0 Å².